The van der Waals surface area contributed by atoms with Crippen LogP contribution in [0.2, 0.25) is 0 Å². The fourth-order valence-electron chi connectivity index (χ4n) is 8.51. The van der Waals surface area contributed by atoms with Crippen LogP contribution in [0.4, 0.5) is 0 Å². The SMILES string of the molecule is CC(C)(C)c1ccc(-c2c3ccccc3c(-c3ccccc3)c3ccc(-c4cc5c6cnccc6n(-c6ccccc6)c5c5ccccc45)cc23)cc1. The van der Waals surface area contributed by atoms with E-state index in [-0.39, 0.29) is 5.41 Å². The quantitative estimate of drug-likeness (QED) is 0.169. The van der Waals surface area contributed by atoms with Gasteiger partial charge in [-0.1, -0.05) is 154 Å². The number of benzene rings is 8. The standard InChI is InChI=1S/C51H38N2/c1-51(2,3)36-25-22-34(23-26-36)49-40-20-12-11-19-39(40)48(33-14-6-4-7-15-33)41-27-24-35(30-44(41)49)43-31-45-46-32-52-29-28-47(46)53(37-16-8-5-9-17-37)50(45)42-21-13-10-18-38(42)43/h4-32H,1-3H3. The van der Waals surface area contributed by atoms with E-state index in [2.05, 4.69) is 194 Å². The number of para-hydroxylation sites is 1. The van der Waals surface area contributed by atoms with Crippen molar-refractivity contribution in [1.29, 1.82) is 0 Å². The number of hydrogen-bond donors (Lipinski definition) is 0. The monoisotopic (exact) mass is 678 g/mol. The van der Waals surface area contributed by atoms with Crippen molar-refractivity contribution in [3.63, 3.8) is 0 Å². The highest BCUT2D eigenvalue weighted by Crippen LogP contribution is 2.47. The molecule has 0 aliphatic rings. The molecule has 10 aromatic rings. The van der Waals surface area contributed by atoms with E-state index >= 15 is 0 Å². The molecule has 2 aromatic heterocycles. The van der Waals surface area contributed by atoms with Crippen LogP contribution in [0.15, 0.2) is 176 Å². The molecule has 8 aromatic carbocycles. The van der Waals surface area contributed by atoms with Gasteiger partial charge in [-0.2, -0.15) is 0 Å². The van der Waals surface area contributed by atoms with Gasteiger partial charge in [-0.05, 0) is 102 Å². The topological polar surface area (TPSA) is 17.8 Å². The molecule has 0 unspecified atom stereocenters. The number of aromatic nitrogens is 2. The van der Waals surface area contributed by atoms with E-state index in [0.29, 0.717) is 0 Å². The number of fused-ring (bicyclic) bond motifs is 7. The maximum absolute atomic E-state index is 4.61. The molecule has 0 amide bonds. The zero-order valence-corrected chi connectivity index (χ0v) is 30.1. The summed E-state index contributed by atoms with van der Waals surface area (Å²) in [6, 6.07) is 60.3. The van der Waals surface area contributed by atoms with E-state index in [1.165, 1.54) is 82.2 Å². The first-order valence-electron chi connectivity index (χ1n) is 18.5. The molecule has 2 heteroatoms. The van der Waals surface area contributed by atoms with Crippen molar-refractivity contribution in [3.8, 4) is 39.1 Å². The Hall–Kier alpha value is -6.51. The summed E-state index contributed by atoms with van der Waals surface area (Å²) in [7, 11) is 0. The lowest BCUT2D eigenvalue weighted by molar-refractivity contribution is 0.590. The van der Waals surface area contributed by atoms with Crippen molar-refractivity contribution in [2.45, 2.75) is 26.2 Å². The maximum Gasteiger partial charge on any atom is 0.0620 e. The number of nitrogens with zero attached hydrogens (tertiary/aromatic N) is 2. The van der Waals surface area contributed by atoms with Crippen molar-refractivity contribution in [1.82, 2.24) is 9.55 Å². The third kappa shape index (κ3) is 4.98. The lowest BCUT2D eigenvalue weighted by Crippen LogP contribution is -2.10. The Labute approximate surface area is 309 Å². The summed E-state index contributed by atoms with van der Waals surface area (Å²) in [4.78, 5) is 4.61. The second-order valence-electron chi connectivity index (χ2n) is 15.2. The van der Waals surface area contributed by atoms with Crippen LogP contribution in [0.25, 0.3) is 93.2 Å². The van der Waals surface area contributed by atoms with Crippen molar-refractivity contribution < 1.29 is 0 Å². The van der Waals surface area contributed by atoms with Crippen molar-refractivity contribution in [3.05, 3.63) is 182 Å². The molecular weight excluding hydrogens is 641 g/mol. The maximum atomic E-state index is 4.61. The van der Waals surface area contributed by atoms with Crippen molar-refractivity contribution in [2.24, 2.45) is 0 Å². The van der Waals surface area contributed by atoms with Gasteiger partial charge >= 0.3 is 0 Å². The predicted molar refractivity (Wildman–Crippen MR) is 226 cm³/mol. The zero-order valence-electron chi connectivity index (χ0n) is 30.1. The molecule has 0 spiro atoms. The summed E-state index contributed by atoms with van der Waals surface area (Å²) in [5.41, 5.74) is 12.3. The van der Waals surface area contributed by atoms with Crippen molar-refractivity contribution in [2.75, 3.05) is 0 Å². The molecular formula is C51H38N2. The van der Waals surface area contributed by atoms with Crippen LogP contribution in [-0.4, -0.2) is 9.55 Å². The summed E-state index contributed by atoms with van der Waals surface area (Å²) < 4.78 is 2.40. The molecule has 0 N–H and O–H groups in total. The Kier molecular flexibility index (Phi) is 7.10. The van der Waals surface area contributed by atoms with Crippen LogP contribution in [0.1, 0.15) is 26.3 Å². The molecule has 252 valence electrons. The third-order valence-electron chi connectivity index (χ3n) is 11.0. The second kappa shape index (κ2) is 12.0. The highest BCUT2D eigenvalue weighted by molar-refractivity contribution is 6.24. The van der Waals surface area contributed by atoms with Crippen LogP contribution in [0.3, 0.4) is 0 Å². The molecule has 53 heavy (non-hydrogen) atoms. The normalized spacial score (nSPS) is 12.1. The number of pyridine rings is 1. The molecule has 2 nitrogen and oxygen atoms in total. The molecule has 0 aliphatic heterocycles. The summed E-state index contributed by atoms with van der Waals surface area (Å²) in [6.07, 6.45) is 3.92. The van der Waals surface area contributed by atoms with Gasteiger partial charge in [-0.3, -0.25) is 4.98 Å². The fourth-order valence-corrected chi connectivity index (χ4v) is 8.51. The lowest BCUT2D eigenvalue weighted by atomic mass is 9.83. The van der Waals surface area contributed by atoms with Crippen LogP contribution in [0.5, 0.6) is 0 Å². The van der Waals surface area contributed by atoms with Gasteiger partial charge in [0.25, 0.3) is 0 Å². The Balaban J connectivity index is 1.32. The number of hydrogen-bond acceptors (Lipinski definition) is 1. The van der Waals surface area contributed by atoms with Crippen LogP contribution < -0.4 is 0 Å². The largest absolute Gasteiger partial charge is 0.309 e. The van der Waals surface area contributed by atoms with Gasteiger partial charge in [0.15, 0.2) is 0 Å². The second-order valence-corrected chi connectivity index (χ2v) is 15.2. The van der Waals surface area contributed by atoms with Gasteiger partial charge < -0.3 is 4.57 Å². The van der Waals surface area contributed by atoms with Crippen LogP contribution >= 0.6 is 0 Å². The van der Waals surface area contributed by atoms with Crippen LogP contribution in [-0.2, 0) is 5.41 Å². The molecule has 0 fully saturated rings. The average Bonchev–Trinajstić information content (AvgIpc) is 3.54. The Bertz CT molecular complexity index is 3000. The summed E-state index contributed by atoms with van der Waals surface area (Å²) >= 11 is 0. The average molecular weight is 679 g/mol. The number of rotatable bonds is 4. The highest BCUT2D eigenvalue weighted by atomic mass is 15.0. The molecule has 0 saturated heterocycles. The Morgan fingerprint density at radius 2 is 1.00 bits per heavy atom. The zero-order chi connectivity index (χ0) is 35.7. The molecule has 0 radical (unpaired) electrons. The van der Waals surface area contributed by atoms with E-state index in [1.54, 1.807) is 0 Å². The van der Waals surface area contributed by atoms with Gasteiger partial charge in [-0.15, -0.1) is 0 Å². The lowest BCUT2D eigenvalue weighted by Gasteiger charge is -2.21. The predicted octanol–water partition coefficient (Wildman–Crippen LogP) is 13.9. The van der Waals surface area contributed by atoms with Crippen LogP contribution in [0, 0.1) is 0 Å². The van der Waals surface area contributed by atoms with E-state index in [4.69, 9.17) is 0 Å². The third-order valence-corrected chi connectivity index (χ3v) is 11.0. The van der Waals surface area contributed by atoms with E-state index in [9.17, 15) is 0 Å². The van der Waals surface area contributed by atoms with Gasteiger partial charge in [-0.25, -0.2) is 0 Å². The highest BCUT2D eigenvalue weighted by Gasteiger charge is 2.21. The van der Waals surface area contributed by atoms with Gasteiger partial charge in [0.05, 0.1) is 11.0 Å². The summed E-state index contributed by atoms with van der Waals surface area (Å²) in [6.45, 7) is 6.84. The molecule has 0 bridgehead atoms. The molecule has 0 saturated carbocycles. The molecule has 0 aliphatic carbocycles. The smallest absolute Gasteiger partial charge is 0.0620 e. The van der Waals surface area contributed by atoms with Gasteiger partial charge in [0, 0.05) is 34.2 Å². The van der Waals surface area contributed by atoms with Crippen molar-refractivity contribution >= 4 is 54.1 Å². The Morgan fingerprint density at radius 1 is 0.434 bits per heavy atom. The minimum absolute atomic E-state index is 0.0753. The summed E-state index contributed by atoms with van der Waals surface area (Å²) in [5.74, 6) is 0. The molecule has 2 heterocycles. The first-order valence-corrected chi connectivity index (χ1v) is 18.5. The first-order chi connectivity index (χ1) is 26.0. The van der Waals surface area contributed by atoms with Gasteiger partial charge in [0.2, 0.25) is 0 Å². The van der Waals surface area contributed by atoms with E-state index in [1.807, 2.05) is 12.4 Å². The van der Waals surface area contributed by atoms with E-state index < -0.39 is 0 Å². The fraction of sp³-hybridized carbons (Fsp3) is 0.0784. The Morgan fingerprint density at radius 3 is 1.70 bits per heavy atom. The summed E-state index contributed by atoms with van der Waals surface area (Å²) in [5, 5.41) is 9.83. The minimum atomic E-state index is 0.0753. The van der Waals surface area contributed by atoms with Gasteiger partial charge in [0.1, 0.15) is 0 Å². The van der Waals surface area contributed by atoms with E-state index in [0.717, 1.165) is 16.6 Å². The minimum Gasteiger partial charge on any atom is -0.309 e. The molecule has 10 rings (SSSR count). The first kappa shape index (κ1) is 31.2. The molecule has 0 atom stereocenters.